The number of rotatable bonds is 5. The zero-order chi connectivity index (χ0) is 14.4. The molecule has 0 fully saturated rings. The third kappa shape index (κ3) is 3.61. The quantitative estimate of drug-likeness (QED) is 0.910. The Balaban J connectivity index is 1.93. The zero-order valence-corrected chi connectivity index (χ0v) is 12.8. The SMILES string of the molecule is COc1ccccc1CCNC(=O)c1ccccc1Br. The van der Waals surface area contributed by atoms with E-state index in [4.69, 9.17) is 4.74 Å². The van der Waals surface area contributed by atoms with Gasteiger partial charge < -0.3 is 10.1 Å². The minimum absolute atomic E-state index is 0.0765. The molecule has 2 rings (SSSR count). The lowest BCUT2D eigenvalue weighted by Crippen LogP contribution is -2.26. The molecule has 20 heavy (non-hydrogen) atoms. The highest BCUT2D eigenvalue weighted by molar-refractivity contribution is 9.10. The molecule has 0 bridgehead atoms. The van der Waals surface area contributed by atoms with Crippen LogP contribution in [0.25, 0.3) is 0 Å². The molecule has 104 valence electrons. The molecule has 2 aromatic carbocycles. The second-order valence-electron chi connectivity index (χ2n) is 4.30. The van der Waals surface area contributed by atoms with E-state index in [-0.39, 0.29) is 5.91 Å². The van der Waals surface area contributed by atoms with Crippen LogP contribution in [-0.2, 0) is 6.42 Å². The fourth-order valence-corrected chi connectivity index (χ4v) is 2.43. The van der Waals surface area contributed by atoms with Gasteiger partial charge in [0.15, 0.2) is 0 Å². The number of para-hydroxylation sites is 1. The van der Waals surface area contributed by atoms with Crippen molar-refractivity contribution in [1.29, 1.82) is 0 Å². The monoisotopic (exact) mass is 333 g/mol. The molecule has 0 radical (unpaired) electrons. The van der Waals surface area contributed by atoms with Crippen molar-refractivity contribution in [2.45, 2.75) is 6.42 Å². The number of hydrogen-bond donors (Lipinski definition) is 1. The smallest absolute Gasteiger partial charge is 0.252 e. The molecule has 0 saturated carbocycles. The number of hydrogen-bond acceptors (Lipinski definition) is 2. The largest absolute Gasteiger partial charge is 0.496 e. The number of carbonyl (C=O) groups is 1. The first-order valence-corrected chi connectivity index (χ1v) is 7.16. The Kier molecular flexibility index (Phi) is 5.18. The second kappa shape index (κ2) is 7.10. The van der Waals surface area contributed by atoms with Crippen molar-refractivity contribution in [3.63, 3.8) is 0 Å². The van der Waals surface area contributed by atoms with Crippen molar-refractivity contribution < 1.29 is 9.53 Å². The van der Waals surface area contributed by atoms with Crippen molar-refractivity contribution in [2.24, 2.45) is 0 Å². The van der Waals surface area contributed by atoms with Crippen molar-refractivity contribution in [3.05, 3.63) is 64.1 Å². The van der Waals surface area contributed by atoms with Gasteiger partial charge in [-0.05, 0) is 46.1 Å². The van der Waals surface area contributed by atoms with Gasteiger partial charge in [0.25, 0.3) is 5.91 Å². The van der Waals surface area contributed by atoms with E-state index in [1.807, 2.05) is 42.5 Å². The summed E-state index contributed by atoms with van der Waals surface area (Å²) in [5.74, 6) is 0.773. The second-order valence-corrected chi connectivity index (χ2v) is 5.15. The highest BCUT2D eigenvalue weighted by Gasteiger charge is 2.09. The van der Waals surface area contributed by atoms with E-state index in [0.29, 0.717) is 12.1 Å². The van der Waals surface area contributed by atoms with E-state index in [2.05, 4.69) is 21.2 Å². The van der Waals surface area contributed by atoms with Gasteiger partial charge in [-0.15, -0.1) is 0 Å². The third-order valence-corrected chi connectivity index (χ3v) is 3.68. The molecule has 0 heterocycles. The van der Waals surface area contributed by atoms with Crippen LogP contribution in [0.1, 0.15) is 15.9 Å². The van der Waals surface area contributed by atoms with Crippen molar-refractivity contribution in [2.75, 3.05) is 13.7 Å². The maximum atomic E-state index is 12.0. The molecular formula is C16H16BrNO2. The van der Waals surface area contributed by atoms with E-state index in [1.165, 1.54) is 0 Å². The highest BCUT2D eigenvalue weighted by atomic mass is 79.9. The Hall–Kier alpha value is -1.81. The van der Waals surface area contributed by atoms with Crippen molar-refractivity contribution in [3.8, 4) is 5.75 Å². The molecule has 3 nitrogen and oxygen atoms in total. The lowest BCUT2D eigenvalue weighted by Gasteiger charge is -2.09. The molecule has 0 atom stereocenters. The van der Waals surface area contributed by atoms with Crippen LogP contribution in [0.15, 0.2) is 53.0 Å². The van der Waals surface area contributed by atoms with Gasteiger partial charge in [0, 0.05) is 11.0 Å². The first-order chi connectivity index (χ1) is 9.72. The molecule has 1 N–H and O–H groups in total. The predicted molar refractivity (Wildman–Crippen MR) is 83.2 cm³/mol. The number of halogens is 1. The number of benzene rings is 2. The minimum atomic E-state index is -0.0765. The summed E-state index contributed by atoms with van der Waals surface area (Å²) in [6.45, 7) is 0.570. The van der Waals surface area contributed by atoms with Crippen LogP contribution in [0.2, 0.25) is 0 Å². The molecule has 0 aliphatic heterocycles. The van der Waals surface area contributed by atoms with Gasteiger partial charge >= 0.3 is 0 Å². The molecular weight excluding hydrogens is 318 g/mol. The van der Waals surface area contributed by atoms with Crippen LogP contribution in [0.5, 0.6) is 5.75 Å². The van der Waals surface area contributed by atoms with E-state index in [0.717, 1.165) is 22.2 Å². The molecule has 2 aromatic rings. The van der Waals surface area contributed by atoms with Crippen LogP contribution in [-0.4, -0.2) is 19.6 Å². The van der Waals surface area contributed by atoms with Gasteiger partial charge in [-0.3, -0.25) is 4.79 Å². The topological polar surface area (TPSA) is 38.3 Å². The molecule has 0 aromatic heterocycles. The summed E-state index contributed by atoms with van der Waals surface area (Å²) in [5.41, 5.74) is 1.73. The van der Waals surface area contributed by atoms with Crippen LogP contribution < -0.4 is 10.1 Å². The van der Waals surface area contributed by atoms with Gasteiger partial charge in [-0.25, -0.2) is 0 Å². The first-order valence-electron chi connectivity index (χ1n) is 6.37. The maximum absolute atomic E-state index is 12.0. The van der Waals surface area contributed by atoms with Gasteiger partial charge in [0.05, 0.1) is 12.7 Å². The summed E-state index contributed by atoms with van der Waals surface area (Å²) in [6, 6.07) is 15.2. The Bertz CT molecular complexity index is 599. The van der Waals surface area contributed by atoms with Crippen LogP contribution in [0.3, 0.4) is 0 Å². The lowest BCUT2D eigenvalue weighted by atomic mass is 10.1. The normalized spacial score (nSPS) is 10.1. The van der Waals surface area contributed by atoms with Crippen LogP contribution >= 0.6 is 15.9 Å². The Morgan fingerprint density at radius 2 is 1.85 bits per heavy atom. The molecule has 0 aliphatic carbocycles. The van der Waals surface area contributed by atoms with Gasteiger partial charge in [-0.1, -0.05) is 30.3 Å². The Morgan fingerprint density at radius 3 is 2.60 bits per heavy atom. The predicted octanol–water partition coefficient (Wildman–Crippen LogP) is 3.43. The minimum Gasteiger partial charge on any atom is -0.496 e. The molecule has 0 saturated heterocycles. The van der Waals surface area contributed by atoms with Gasteiger partial charge in [0.2, 0.25) is 0 Å². The lowest BCUT2D eigenvalue weighted by molar-refractivity contribution is 0.0953. The average Bonchev–Trinajstić information content (AvgIpc) is 2.48. The molecule has 0 aliphatic rings. The molecule has 4 heteroatoms. The molecule has 0 spiro atoms. The Labute approximate surface area is 127 Å². The fourth-order valence-electron chi connectivity index (χ4n) is 1.96. The summed E-state index contributed by atoms with van der Waals surface area (Å²) in [4.78, 5) is 12.0. The van der Waals surface area contributed by atoms with Crippen molar-refractivity contribution in [1.82, 2.24) is 5.32 Å². The van der Waals surface area contributed by atoms with Gasteiger partial charge in [-0.2, -0.15) is 0 Å². The standard InChI is InChI=1S/C16H16BrNO2/c1-20-15-9-5-2-6-12(15)10-11-18-16(19)13-7-3-4-8-14(13)17/h2-9H,10-11H2,1H3,(H,18,19). The molecule has 0 unspecified atom stereocenters. The summed E-state index contributed by atoms with van der Waals surface area (Å²) in [6.07, 6.45) is 0.736. The van der Waals surface area contributed by atoms with Crippen LogP contribution in [0, 0.1) is 0 Å². The van der Waals surface area contributed by atoms with Gasteiger partial charge in [0.1, 0.15) is 5.75 Å². The number of methoxy groups -OCH3 is 1. The van der Waals surface area contributed by atoms with Crippen LogP contribution in [0.4, 0.5) is 0 Å². The maximum Gasteiger partial charge on any atom is 0.252 e. The summed E-state index contributed by atoms with van der Waals surface area (Å²) in [7, 11) is 1.65. The van der Waals surface area contributed by atoms with E-state index < -0.39 is 0 Å². The number of ether oxygens (including phenoxy) is 1. The molecule has 1 amide bonds. The van der Waals surface area contributed by atoms with E-state index in [1.54, 1.807) is 13.2 Å². The van der Waals surface area contributed by atoms with E-state index >= 15 is 0 Å². The summed E-state index contributed by atoms with van der Waals surface area (Å²) in [5, 5.41) is 2.92. The number of carbonyl (C=O) groups excluding carboxylic acids is 1. The fraction of sp³-hybridized carbons (Fsp3) is 0.188. The average molecular weight is 334 g/mol. The third-order valence-electron chi connectivity index (χ3n) is 2.99. The summed E-state index contributed by atoms with van der Waals surface area (Å²) < 4.78 is 6.09. The van der Waals surface area contributed by atoms with E-state index in [9.17, 15) is 4.79 Å². The zero-order valence-electron chi connectivity index (χ0n) is 11.2. The first kappa shape index (κ1) is 14.6. The Morgan fingerprint density at radius 1 is 1.15 bits per heavy atom. The number of nitrogens with one attached hydrogen (secondary N) is 1. The number of amides is 1. The highest BCUT2D eigenvalue weighted by Crippen LogP contribution is 2.18. The van der Waals surface area contributed by atoms with Crippen molar-refractivity contribution >= 4 is 21.8 Å². The summed E-state index contributed by atoms with van der Waals surface area (Å²) >= 11 is 3.38.